The SMILES string of the molecule is CC(=O)SCCC1(C)C(=O)N2CCCC(OC(=O)O)N2C1=O. The molecule has 122 valence electrons. The maximum atomic E-state index is 12.6. The van der Waals surface area contributed by atoms with Gasteiger partial charge in [0.1, 0.15) is 5.41 Å². The minimum atomic E-state index is -1.48. The molecule has 0 radical (unpaired) electrons. The fourth-order valence-electron chi connectivity index (χ4n) is 2.71. The number of carboxylic acid groups (broad SMARTS) is 1. The molecule has 0 aromatic carbocycles. The maximum Gasteiger partial charge on any atom is 0.507 e. The molecule has 2 rings (SSSR count). The van der Waals surface area contributed by atoms with Gasteiger partial charge < -0.3 is 9.84 Å². The lowest BCUT2D eigenvalue weighted by molar-refractivity contribution is -0.181. The summed E-state index contributed by atoms with van der Waals surface area (Å²) in [6.07, 6.45) is -1.30. The Balaban J connectivity index is 2.18. The molecule has 0 aliphatic carbocycles. The van der Waals surface area contributed by atoms with Gasteiger partial charge in [0.15, 0.2) is 11.3 Å². The van der Waals surface area contributed by atoms with Crippen LogP contribution in [-0.2, 0) is 19.1 Å². The van der Waals surface area contributed by atoms with Crippen LogP contribution in [0.1, 0.15) is 33.1 Å². The standard InChI is InChI=1S/C13H18N2O6S/c1-8(16)22-7-5-13(2)10(17)14-6-3-4-9(21-12(19)20)15(14)11(13)18/h9H,3-7H2,1-2H3,(H,19,20). The first kappa shape index (κ1) is 16.6. The van der Waals surface area contributed by atoms with Crippen LogP contribution in [0.2, 0.25) is 0 Å². The number of nitrogens with zero attached hydrogens (tertiary/aromatic N) is 2. The van der Waals surface area contributed by atoms with E-state index in [9.17, 15) is 19.2 Å². The number of hydrogen-bond acceptors (Lipinski definition) is 6. The van der Waals surface area contributed by atoms with Crippen LogP contribution < -0.4 is 0 Å². The van der Waals surface area contributed by atoms with Crippen molar-refractivity contribution in [3.63, 3.8) is 0 Å². The van der Waals surface area contributed by atoms with Crippen molar-refractivity contribution in [3.8, 4) is 0 Å². The normalized spacial score (nSPS) is 27.8. The summed E-state index contributed by atoms with van der Waals surface area (Å²) in [4.78, 5) is 46.9. The summed E-state index contributed by atoms with van der Waals surface area (Å²) < 4.78 is 4.73. The van der Waals surface area contributed by atoms with E-state index in [1.807, 2.05) is 0 Å². The van der Waals surface area contributed by atoms with Crippen molar-refractivity contribution in [1.82, 2.24) is 10.0 Å². The zero-order valence-electron chi connectivity index (χ0n) is 12.4. The van der Waals surface area contributed by atoms with Crippen LogP contribution >= 0.6 is 11.8 Å². The van der Waals surface area contributed by atoms with Crippen molar-refractivity contribution in [2.45, 2.75) is 39.3 Å². The largest absolute Gasteiger partial charge is 0.507 e. The number of ether oxygens (including phenoxy) is 1. The van der Waals surface area contributed by atoms with Gasteiger partial charge in [-0.2, -0.15) is 0 Å². The zero-order valence-corrected chi connectivity index (χ0v) is 13.2. The lowest BCUT2D eigenvalue weighted by atomic mass is 9.87. The lowest BCUT2D eigenvalue weighted by Gasteiger charge is -2.37. The molecular formula is C13H18N2O6S. The van der Waals surface area contributed by atoms with Crippen molar-refractivity contribution in [1.29, 1.82) is 0 Å². The third-order valence-electron chi connectivity index (χ3n) is 3.88. The molecule has 0 aromatic heterocycles. The van der Waals surface area contributed by atoms with E-state index < -0.39 is 23.7 Å². The summed E-state index contributed by atoms with van der Waals surface area (Å²) in [5.41, 5.74) is -1.27. The third kappa shape index (κ3) is 2.90. The molecule has 0 spiro atoms. The Bertz CT molecular complexity index is 525. The Kier molecular flexibility index (Phi) is 4.64. The van der Waals surface area contributed by atoms with Gasteiger partial charge in [0, 0.05) is 25.6 Å². The second-order valence-corrected chi connectivity index (χ2v) is 6.75. The number of hydrogen-bond donors (Lipinski definition) is 1. The van der Waals surface area contributed by atoms with E-state index in [0.29, 0.717) is 25.1 Å². The minimum absolute atomic E-state index is 0.0772. The van der Waals surface area contributed by atoms with Gasteiger partial charge >= 0.3 is 6.16 Å². The van der Waals surface area contributed by atoms with Gasteiger partial charge in [-0.25, -0.2) is 14.8 Å². The topological polar surface area (TPSA) is 104 Å². The monoisotopic (exact) mass is 330 g/mol. The van der Waals surface area contributed by atoms with Crippen LogP contribution in [0, 0.1) is 5.41 Å². The second-order valence-electron chi connectivity index (χ2n) is 5.48. The van der Waals surface area contributed by atoms with E-state index in [2.05, 4.69) is 0 Å². The molecular weight excluding hydrogens is 312 g/mol. The number of carbonyl (C=O) groups excluding carboxylic acids is 3. The van der Waals surface area contributed by atoms with Crippen LogP contribution in [0.15, 0.2) is 0 Å². The molecule has 2 saturated heterocycles. The molecule has 0 saturated carbocycles. The quantitative estimate of drug-likeness (QED) is 0.607. The predicted molar refractivity (Wildman–Crippen MR) is 76.6 cm³/mol. The Morgan fingerprint density at radius 1 is 1.41 bits per heavy atom. The van der Waals surface area contributed by atoms with Gasteiger partial charge in [0.05, 0.1) is 0 Å². The molecule has 2 aliphatic rings. The summed E-state index contributed by atoms with van der Waals surface area (Å²) in [5, 5.41) is 11.1. The van der Waals surface area contributed by atoms with E-state index in [1.165, 1.54) is 18.9 Å². The molecule has 0 aromatic rings. The molecule has 2 atom stereocenters. The van der Waals surface area contributed by atoms with Gasteiger partial charge in [-0.15, -0.1) is 0 Å². The van der Waals surface area contributed by atoms with E-state index in [1.54, 1.807) is 0 Å². The zero-order chi connectivity index (χ0) is 16.5. The number of carbonyl (C=O) groups is 4. The highest BCUT2D eigenvalue weighted by molar-refractivity contribution is 8.13. The van der Waals surface area contributed by atoms with E-state index in [4.69, 9.17) is 9.84 Å². The molecule has 9 heteroatoms. The molecule has 2 amide bonds. The Morgan fingerprint density at radius 2 is 2.09 bits per heavy atom. The van der Waals surface area contributed by atoms with Gasteiger partial charge in [0.2, 0.25) is 0 Å². The Morgan fingerprint density at radius 3 is 2.68 bits per heavy atom. The fourth-order valence-corrected chi connectivity index (χ4v) is 3.51. The second kappa shape index (κ2) is 6.15. The summed E-state index contributed by atoms with van der Waals surface area (Å²) in [6.45, 7) is 3.32. The van der Waals surface area contributed by atoms with Crippen LogP contribution in [-0.4, -0.2) is 56.7 Å². The van der Waals surface area contributed by atoms with Crippen LogP contribution in [0.3, 0.4) is 0 Å². The molecule has 2 unspecified atom stereocenters. The van der Waals surface area contributed by atoms with Gasteiger partial charge in [-0.1, -0.05) is 11.8 Å². The summed E-state index contributed by atoms with van der Waals surface area (Å²) in [7, 11) is 0. The van der Waals surface area contributed by atoms with Gasteiger partial charge in [-0.05, 0) is 19.8 Å². The van der Waals surface area contributed by atoms with Crippen LogP contribution in [0.4, 0.5) is 4.79 Å². The molecule has 22 heavy (non-hydrogen) atoms. The number of rotatable bonds is 4. The summed E-state index contributed by atoms with van der Waals surface area (Å²) >= 11 is 1.06. The predicted octanol–water partition coefficient (Wildman–Crippen LogP) is 1.06. The minimum Gasteiger partial charge on any atom is -0.450 e. The average molecular weight is 330 g/mol. The van der Waals surface area contributed by atoms with E-state index in [0.717, 1.165) is 16.8 Å². The van der Waals surface area contributed by atoms with Crippen LogP contribution in [0.5, 0.6) is 0 Å². The number of thioether (sulfide) groups is 1. The third-order valence-corrected chi connectivity index (χ3v) is 4.70. The van der Waals surface area contributed by atoms with Crippen molar-refractivity contribution in [3.05, 3.63) is 0 Å². The maximum absolute atomic E-state index is 12.6. The van der Waals surface area contributed by atoms with Gasteiger partial charge in [-0.3, -0.25) is 14.4 Å². The highest BCUT2D eigenvalue weighted by Gasteiger charge is 2.58. The van der Waals surface area contributed by atoms with Crippen molar-refractivity contribution in [2.24, 2.45) is 5.41 Å². The van der Waals surface area contributed by atoms with E-state index >= 15 is 0 Å². The smallest absolute Gasteiger partial charge is 0.450 e. The average Bonchev–Trinajstić information content (AvgIpc) is 2.61. The van der Waals surface area contributed by atoms with Crippen LogP contribution in [0.25, 0.3) is 0 Å². The number of hydrazine groups is 1. The molecule has 1 N–H and O–H groups in total. The lowest BCUT2D eigenvalue weighted by Crippen LogP contribution is -2.52. The number of amides is 2. The van der Waals surface area contributed by atoms with Crippen molar-refractivity contribution in [2.75, 3.05) is 12.3 Å². The molecule has 2 fully saturated rings. The first-order valence-electron chi connectivity index (χ1n) is 6.96. The molecule has 2 heterocycles. The highest BCUT2D eigenvalue weighted by Crippen LogP contribution is 2.39. The van der Waals surface area contributed by atoms with Crippen molar-refractivity contribution < 1.29 is 29.0 Å². The summed E-state index contributed by atoms with van der Waals surface area (Å²) in [5.74, 6) is -0.469. The first-order valence-corrected chi connectivity index (χ1v) is 7.94. The van der Waals surface area contributed by atoms with E-state index in [-0.39, 0.29) is 17.4 Å². The number of fused-ring (bicyclic) bond motifs is 1. The first-order chi connectivity index (χ1) is 10.3. The molecule has 8 nitrogen and oxygen atoms in total. The van der Waals surface area contributed by atoms with Gasteiger partial charge in [0.25, 0.3) is 11.8 Å². The highest BCUT2D eigenvalue weighted by atomic mass is 32.2. The molecule has 2 aliphatic heterocycles. The Labute approximate surface area is 131 Å². The van der Waals surface area contributed by atoms with Crippen molar-refractivity contribution >= 4 is 34.8 Å². The summed E-state index contributed by atoms with van der Waals surface area (Å²) in [6, 6.07) is 0. The Hall–Kier alpha value is -1.77. The fraction of sp³-hybridized carbons (Fsp3) is 0.692. The molecule has 0 bridgehead atoms.